The molecule has 3 amide bonds. The molecule has 2 aliphatic rings. The summed E-state index contributed by atoms with van der Waals surface area (Å²) in [5.41, 5.74) is 0.590. The van der Waals surface area contributed by atoms with Gasteiger partial charge in [0.05, 0.1) is 12.1 Å². The van der Waals surface area contributed by atoms with Crippen molar-refractivity contribution >= 4 is 46.0 Å². The van der Waals surface area contributed by atoms with Crippen LogP contribution in [0.1, 0.15) is 51.9 Å². The van der Waals surface area contributed by atoms with Crippen LogP contribution >= 0.6 is 22.6 Å². The summed E-state index contributed by atoms with van der Waals surface area (Å²) in [5, 5.41) is 0. The Labute approximate surface area is 161 Å². The first kappa shape index (κ1) is 18.4. The number of benzene rings is 1. The number of anilines is 1. The second-order valence-electron chi connectivity index (χ2n) is 6.75. The molecule has 1 aliphatic heterocycles. The molecule has 1 unspecified atom stereocenters. The number of imide groups is 1. The van der Waals surface area contributed by atoms with Crippen LogP contribution in [0.25, 0.3) is 0 Å². The maximum Gasteiger partial charge on any atom is 0.257 e. The van der Waals surface area contributed by atoms with E-state index in [2.05, 4.69) is 22.6 Å². The number of halogens is 1. The van der Waals surface area contributed by atoms with Crippen LogP contribution in [0.15, 0.2) is 24.3 Å². The van der Waals surface area contributed by atoms with Crippen molar-refractivity contribution in [3.05, 3.63) is 27.8 Å². The summed E-state index contributed by atoms with van der Waals surface area (Å²) < 4.78 is 1.04. The number of nitrogens with zero attached hydrogens (tertiary/aromatic N) is 2. The minimum atomic E-state index is -0.645. The van der Waals surface area contributed by atoms with Crippen LogP contribution in [-0.2, 0) is 14.4 Å². The summed E-state index contributed by atoms with van der Waals surface area (Å²) in [5.74, 6) is -0.476. The Hall–Kier alpha value is -1.44. The molecule has 0 spiro atoms. The number of carbonyl (C=O) groups is 3. The number of rotatable bonds is 5. The van der Waals surface area contributed by atoms with Gasteiger partial charge < -0.3 is 4.90 Å². The molecule has 2 fully saturated rings. The van der Waals surface area contributed by atoms with Gasteiger partial charge in [-0.2, -0.15) is 0 Å². The van der Waals surface area contributed by atoms with E-state index in [1.807, 2.05) is 19.1 Å². The maximum absolute atomic E-state index is 13.0. The lowest BCUT2D eigenvalue weighted by Crippen LogP contribution is -2.50. The average Bonchev–Trinajstić information content (AvgIpc) is 3.19. The first-order valence-corrected chi connectivity index (χ1v) is 10.0. The van der Waals surface area contributed by atoms with Crippen molar-refractivity contribution in [2.24, 2.45) is 0 Å². The summed E-state index contributed by atoms with van der Waals surface area (Å²) >= 11 is 2.19. The van der Waals surface area contributed by atoms with Crippen LogP contribution in [0.3, 0.4) is 0 Å². The van der Waals surface area contributed by atoms with E-state index in [1.54, 1.807) is 17.0 Å². The Morgan fingerprint density at radius 3 is 2.44 bits per heavy atom. The zero-order valence-corrected chi connectivity index (χ0v) is 16.6. The minimum absolute atomic E-state index is 0.00464. The molecule has 3 rings (SSSR count). The van der Waals surface area contributed by atoms with Gasteiger partial charge in [0, 0.05) is 16.0 Å². The Morgan fingerprint density at radius 2 is 1.84 bits per heavy atom. The molecule has 1 atom stereocenters. The van der Waals surface area contributed by atoms with Crippen molar-refractivity contribution in [1.29, 1.82) is 0 Å². The maximum atomic E-state index is 13.0. The molecule has 1 aliphatic carbocycles. The van der Waals surface area contributed by atoms with Gasteiger partial charge in [-0.25, -0.2) is 4.90 Å². The fourth-order valence-electron chi connectivity index (χ4n) is 3.85. The third-order valence-electron chi connectivity index (χ3n) is 5.01. The van der Waals surface area contributed by atoms with Crippen molar-refractivity contribution in [2.75, 3.05) is 4.90 Å². The average molecular weight is 454 g/mol. The Bertz CT molecular complexity index is 668. The third kappa shape index (κ3) is 3.73. The van der Waals surface area contributed by atoms with Gasteiger partial charge >= 0.3 is 0 Å². The highest BCUT2D eigenvalue weighted by atomic mass is 127. The second kappa shape index (κ2) is 7.85. The molecule has 1 aromatic carbocycles. The van der Waals surface area contributed by atoms with Gasteiger partial charge in [-0.15, -0.1) is 0 Å². The van der Waals surface area contributed by atoms with Crippen LogP contribution in [0.5, 0.6) is 0 Å². The van der Waals surface area contributed by atoms with Crippen LogP contribution in [0, 0.1) is 3.57 Å². The van der Waals surface area contributed by atoms with Crippen LogP contribution < -0.4 is 4.90 Å². The smallest absolute Gasteiger partial charge is 0.257 e. The first-order valence-electron chi connectivity index (χ1n) is 8.96. The van der Waals surface area contributed by atoms with E-state index in [4.69, 9.17) is 0 Å². The molecule has 0 aromatic heterocycles. The van der Waals surface area contributed by atoms with Crippen molar-refractivity contribution in [3.8, 4) is 0 Å². The summed E-state index contributed by atoms with van der Waals surface area (Å²) in [6, 6.07) is 6.77. The van der Waals surface area contributed by atoms with Crippen LogP contribution in [0.2, 0.25) is 0 Å². The molecule has 0 radical (unpaired) electrons. The molecule has 1 saturated heterocycles. The highest BCUT2D eigenvalue weighted by Gasteiger charge is 2.46. The Kier molecular flexibility index (Phi) is 5.76. The molecule has 1 saturated carbocycles. The molecule has 25 heavy (non-hydrogen) atoms. The number of carbonyl (C=O) groups excluding carboxylic acids is 3. The molecule has 1 heterocycles. The van der Waals surface area contributed by atoms with Gasteiger partial charge in [0.15, 0.2) is 0 Å². The van der Waals surface area contributed by atoms with Crippen molar-refractivity contribution in [1.82, 2.24) is 4.90 Å². The fourth-order valence-corrected chi connectivity index (χ4v) is 4.21. The lowest BCUT2D eigenvalue weighted by atomic mass is 10.1. The van der Waals surface area contributed by atoms with Gasteiger partial charge in [-0.3, -0.25) is 14.4 Å². The van der Waals surface area contributed by atoms with E-state index < -0.39 is 6.04 Å². The lowest BCUT2D eigenvalue weighted by Gasteiger charge is -2.33. The zero-order valence-electron chi connectivity index (χ0n) is 14.4. The fraction of sp³-hybridized carbons (Fsp3) is 0.526. The molecule has 134 valence electrons. The number of hydrogen-bond acceptors (Lipinski definition) is 3. The largest absolute Gasteiger partial charge is 0.327 e. The number of amides is 3. The van der Waals surface area contributed by atoms with Crippen molar-refractivity contribution in [3.63, 3.8) is 0 Å². The Balaban J connectivity index is 1.87. The van der Waals surface area contributed by atoms with Crippen molar-refractivity contribution < 1.29 is 14.4 Å². The van der Waals surface area contributed by atoms with E-state index in [9.17, 15) is 14.4 Å². The minimum Gasteiger partial charge on any atom is -0.327 e. The normalized spacial score (nSPS) is 21.2. The summed E-state index contributed by atoms with van der Waals surface area (Å²) in [6.07, 6.45) is 5.28. The van der Waals surface area contributed by atoms with Gasteiger partial charge in [-0.1, -0.05) is 19.8 Å². The van der Waals surface area contributed by atoms with Gasteiger partial charge in [0.2, 0.25) is 11.8 Å². The topological polar surface area (TPSA) is 57.7 Å². The molecule has 0 N–H and O–H groups in total. The monoisotopic (exact) mass is 454 g/mol. The lowest BCUT2D eigenvalue weighted by molar-refractivity contribution is -0.141. The summed E-state index contributed by atoms with van der Waals surface area (Å²) in [4.78, 5) is 41.3. The van der Waals surface area contributed by atoms with E-state index >= 15 is 0 Å². The Morgan fingerprint density at radius 1 is 1.20 bits per heavy atom. The summed E-state index contributed by atoms with van der Waals surface area (Å²) in [6.45, 7) is 1.96. The third-order valence-corrected chi connectivity index (χ3v) is 5.73. The highest BCUT2D eigenvalue weighted by Crippen LogP contribution is 2.32. The molecular formula is C19H23IN2O3. The molecule has 0 bridgehead atoms. The van der Waals surface area contributed by atoms with Crippen LogP contribution in [0.4, 0.5) is 5.69 Å². The number of hydrogen-bond donors (Lipinski definition) is 0. The van der Waals surface area contributed by atoms with Gasteiger partial charge in [0.1, 0.15) is 6.04 Å². The van der Waals surface area contributed by atoms with E-state index in [1.165, 1.54) is 4.90 Å². The molecule has 5 nitrogen and oxygen atoms in total. The summed E-state index contributed by atoms with van der Waals surface area (Å²) in [7, 11) is 0. The standard InChI is InChI=1S/C19H23IN2O3/c1-2-5-17(23)21(14-6-3-4-7-14)16-12-18(24)22(19(16)25)15-10-8-13(20)9-11-15/h8-11,14,16H,2-7,12H2,1H3. The highest BCUT2D eigenvalue weighted by molar-refractivity contribution is 14.1. The quantitative estimate of drug-likeness (QED) is 0.506. The van der Waals surface area contributed by atoms with E-state index in [0.29, 0.717) is 12.1 Å². The van der Waals surface area contributed by atoms with Crippen LogP contribution in [-0.4, -0.2) is 34.7 Å². The predicted molar refractivity (Wildman–Crippen MR) is 104 cm³/mol. The molecular weight excluding hydrogens is 431 g/mol. The van der Waals surface area contributed by atoms with Crippen molar-refractivity contribution in [2.45, 2.75) is 64.0 Å². The van der Waals surface area contributed by atoms with E-state index in [0.717, 1.165) is 35.7 Å². The van der Waals surface area contributed by atoms with E-state index in [-0.39, 0.29) is 30.2 Å². The second-order valence-corrected chi connectivity index (χ2v) is 8.00. The molecule has 6 heteroatoms. The predicted octanol–water partition coefficient (Wildman–Crippen LogP) is 3.49. The zero-order chi connectivity index (χ0) is 18.0. The van der Waals surface area contributed by atoms with Gasteiger partial charge in [0.25, 0.3) is 5.91 Å². The molecule has 1 aromatic rings. The van der Waals surface area contributed by atoms with Gasteiger partial charge in [-0.05, 0) is 66.1 Å². The SMILES string of the molecule is CCCC(=O)N(C1CCCC1)C1CC(=O)N(c2ccc(I)cc2)C1=O. The first-order chi connectivity index (χ1) is 12.0.